The zero-order valence-corrected chi connectivity index (χ0v) is 6.85. The Hall–Kier alpha value is -1.04. The molecule has 5 nitrogen and oxygen atoms in total. The number of H-pyrrole nitrogens is 1. The number of aromatic nitrogens is 2. The first-order valence-electron chi connectivity index (χ1n) is 3.13. The highest BCUT2D eigenvalue weighted by Crippen LogP contribution is 2.03. The van der Waals surface area contributed by atoms with E-state index >= 15 is 0 Å². The van der Waals surface area contributed by atoms with E-state index in [2.05, 4.69) is 14.9 Å². The van der Waals surface area contributed by atoms with Gasteiger partial charge in [0, 0.05) is 6.20 Å². The second-order valence-corrected chi connectivity index (χ2v) is 4.00. The van der Waals surface area contributed by atoms with E-state index in [1.54, 1.807) is 6.92 Å². The van der Waals surface area contributed by atoms with Gasteiger partial charge in [-0.2, -0.15) is 5.10 Å². The Morgan fingerprint density at radius 2 is 2.45 bits per heavy atom. The highest BCUT2D eigenvalue weighted by Gasteiger charge is 2.05. The molecule has 0 saturated heterocycles. The van der Waals surface area contributed by atoms with Crippen LogP contribution in [0.4, 0.5) is 5.69 Å². The Kier molecular flexibility index (Phi) is 2.13. The highest BCUT2D eigenvalue weighted by molar-refractivity contribution is 7.92. The molecule has 0 radical (unpaired) electrons. The predicted octanol–water partition coefficient (Wildman–Crippen LogP) is 0.171. The molecule has 0 unspecified atom stereocenters. The van der Waals surface area contributed by atoms with Crippen molar-refractivity contribution < 1.29 is 8.42 Å². The molecular formula is C5H9N3O2S. The van der Waals surface area contributed by atoms with Gasteiger partial charge < -0.3 is 0 Å². The van der Waals surface area contributed by atoms with Gasteiger partial charge in [0.15, 0.2) is 0 Å². The van der Waals surface area contributed by atoms with Crippen LogP contribution in [0.15, 0.2) is 12.4 Å². The lowest BCUT2D eigenvalue weighted by atomic mass is 10.6. The lowest BCUT2D eigenvalue weighted by molar-refractivity contribution is 0.602. The van der Waals surface area contributed by atoms with Crippen molar-refractivity contribution in [1.82, 2.24) is 10.2 Å². The molecule has 0 amide bonds. The number of rotatable bonds is 3. The Morgan fingerprint density at radius 3 is 2.91 bits per heavy atom. The smallest absolute Gasteiger partial charge is 0.232 e. The number of aromatic amines is 1. The fraction of sp³-hybridized carbons (Fsp3) is 0.400. The van der Waals surface area contributed by atoms with Crippen LogP contribution >= 0.6 is 0 Å². The molecule has 1 aromatic rings. The van der Waals surface area contributed by atoms with Crippen LogP contribution in [0.25, 0.3) is 0 Å². The summed E-state index contributed by atoms with van der Waals surface area (Å²) in [6.07, 6.45) is 2.89. The molecule has 0 aliphatic carbocycles. The second kappa shape index (κ2) is 2.91. The maximum atomic E-state index is 10.9. The van der Waals surface area contributed by atoms with Crippen molar-refractivity contribution in [3.63, 3.8) is 0 Å². The molecule has 1 rings (SSSR count). The quantitative estimate of drug-likeness (QED) is 0.687. The summed E-state index contributed by atoms with van der Waals surface area (Å²) >= 11 is 0. The van der Waals surface area contributed by atoms with Crippen LogP contribution in [-0.2, 0) is 10.0 Å². The largest absolute Gasteiger partial charge is 0.284 e. The zero-order valence-electron chi connectivity index (χ0n) is 6.03. The van der Waals surface area contributed by atoms with E-state index in [4.69, 9.17) is 0 Å². The predicted molar refractivity (Wildman–Crippen MR) is 41.7 cm³/mol. The Balaban J connectivity index is 2.72. The molecular weight excluding hydrogens is 166 g/mol. The summed E-state index contributed by atoms with van der Waals surface area (Å²) in [5.41, 5.74) is 0.465. The minimum Gasteiger partial charge on any atom is -0.284 e. The van der Waals surface area contributed by atoms with Gasteiger partial charge in [-0.1, -0.05) is 0 Å². The highest BCUT2D eigenvalue weighted by atomic mass is 32.2. The van der Waals surface area contributed by atoms with E-state index in [0.29, 0.717) is 5.69 Å². The third-order valence-electron chi connectivity index (χ3n) is 1.15. The van der Waals surface area contributed by atoms with Crippen LogP contribution in [0.2, 0.25) is 0 Å². The van der Waals surface area contributed by atoms with Crippen LogP contribution in [0.1, 0.15) is 6.92 Å². The van der Waals surface area contributed by atoms with E-state index in [-0.39, 0.29) is 5.75 Å². The van der Waals surface area contributed by atoms with Gasteiger partial charge in [0.2, 0.25) is 10.0 Å². The normalized spacial score (nSPS) is 11.4. The summed E-state index contributed by atoms with van der Waals surface area (Å²) in [7, 11) is -3.15. The molecule has 0 aliphatic heterocycles. The first-order valence-corrected chi connectivity index (χ1v) is 4.78. The lowest BCUT2D eigenvalue weighted by Crippen LogP contribution is -2.13. The molecule has 0 saturated carbocycles. The van der Waals surface area contributed by atoms with E-state index in [9.17, 15) is 8.42 Å². The molecule has 0 bridgehead atoms. The summed E-state index contributed by atoms with van der Waals surface area (Å²) in [5, 5.41) is 6.09. The van der Waals surface area contributed by atoms with Gasteiger partial charge in [-0.15, -0.1) is 0 Å². The van der Waals surface area contributed by atoms with Crippen molar-refractivity contribution in [1.29, 1.82) is 0 Å². The summed E-state index contributed by atoms with van der Waals surface area (Å²) in [5.74, 6) is 0.0676. The van der Waals surface area contributed by atoms with Crippen LogP contribution < -0.4 is 4.72 Å². The molecule has 62 valence electrons. The SMILES string of the molecule is CCS(=O)(=O)Nc1cn[nH]c1. The topological polar surface area (TPSA) is 74.8 Å². The molecule has 1 aromatic heterocycles. The van der Waals surface area contributed by atoms with Gasteiger partial charge in [0.25, 0.3) is 0 Å². The van der Waals surface area contributed by atoms with Gasteiger partial charge in [0.1, 0.15) is 0 Å². The van der Waals surface area contributed by atoms with Gasteiger partial charge in [-0.05, 0) is 6.92 Å². The number of hydrogen-bond acceptors (Lipinski definition) is 3. The number of sulfonamides is 1. The van der Waals surface area contributed by atoms with Crippen LogP contribution in [0.3, 0.4) is 0 Å². The average Bonchev–Trinajstić information content (AvgIpc) is 2.39. The van der Waals surface area contributed by atoms with Gasteiger partial charge in [0.05, 0.1) is 17.6 Å². The van der Waals surface area contributed by atoms with E-state index in [1.807, 2.05) is 0 Å². The first kappa shape index (κ1) is 8.06. The minimum absolute atomic E-state index is 0.0676. The molecule has 0 aliphatic rings. The van der Waals surface area contributed by atoms with Crippen LogP contribution in [0, 0.1) is 0 Å². The molecule has 0 atom stereocenters. The molecule has 2 N–H and O–H groups in total. The zero-order chi connectivity index (χ0) is 8.32. The molecule has 1 heterocycles. The lowest BCUT2D eigenvalue weighted by Gasteiger charge is -2.00. The van der Waals surface area contributed by atoms with Crippen molar-refractivity contribution in [2.24, 2.45) is 0 Å². The Morgan fingerprint density at radius 1 is 1.73 bits per heavy atom. The summed E-state index contributed by atoms with van der Waals surface area (Å²) in [6, 6.07) is 0. The fourth-order valence-corrected chi connectivity index (χ4v) is 1.17. The molecule has 11 heavy (non-hydrogen) atoms. The van der Waals surface area contributed by atoms with Crippen molar-refractivity contribution in [2.45, 2.75) is 6.92 Å². The third kappa shape index (κ3) is 2.23. The molecule has 0 fully saturated rings. The van der Waals surface area contributed by atoms with Crippen LogP contribution in [0.5, 0.6) is 0 Å². The standard InChI is InChI=1S/C5H9N3O2S/c1-2-11(9,10)8-5-3-6-7-4-5/h3-4,8H,2H2,1H3,(H,6,7). The van der Waals surface area contributed by atoms with Crippen molar-refractivity contribution in [2.75, 3.05) is 10.5 Å². The summed E-state index contributed by atoms with van der Waals surface area (Å²) < 4.78 is 24.2. The monoisotopic (exact) mass is 175 g/mol. The van der Waals surface area contributed by atoms with E-state index in [0.717, 1.165) is 0 Å². The number of anilines is 1. The fourth-order valence-electron chi connectivity index (χ4n) is 0.558. The number of nitrogens with one attached hydrogen (secondary N) is 2. The third-order valence-corrected chi connectivity index (χ3v) is 2.46. The average molecular weight is 175 g/mol. The number of hydrogen-bond donors (Lipinski definition) is 2. The maximum absolute atomic E-state index is 10.9. The summed E-state index contributed by atoms with van der Waals surface area (Å²) in [6.45, 7) is 1.57. The molecule has 0 spiro atoms. The Bertz CT molecular complexity index is 302. The van der Waals surface area contributed by atoms with E-state index < -0.39 is 10.0 Å². The maximum Gasteiger partial charge on any atom is 0.232 e. The number of nitrogens with zero attached hydrogens (tertiary/aromatic N) is 1. The summed E-state index contributed by atoms with van der Waals surface area (Å²) in [4.78, 5) is 0. The molecule has 6 heteroatoms. The van der Waals surface area contributed by atoms with Gasteiger partial charge in [-0.3, -0.25) is 9.82 Å². The van der Waals surface area contributed by atoms with Gasteiger partial charge in [-0.25, -0.2) is 8.42 Å². The molecule has 0 aromatic carbocycles. The van der Waals surface area contributed by atoms with E-state index in [1.165, 1.54) is 12.4 Å². The second-order valence-electron chi connectivity index (χ2n) is 1.99. The van der Waals surface area contributed by atoms with Crippen molar-refractivity contribution >= 4 is 15.7 Å². The minimum atomic E-state index is -3.15. The van der Waals surface area contributed by atoms with Crippen molar-refractivity contribution in [3.8, 4) is 0 Å². The first-order chi connectivity index (χ1) is 5.14. The van der Waals surface area contributed by atoms with Crippen LogP contribution in [-0.4, -0.2) is 24.4 Å². The van der Waals surface area contributed by atoms with Crippen molar-refractivity contribution in [3.05, 3.63) is 12.4 Å². The Labute approximate surface area is 64.9 Å². The van der Waals surface area contributed by atoms with Gasteiger partial charge >= 0.3 is 0 Å².